The number of aliphatic carboxylic acids is 1. The Balaban J connectivity index is 1.93. The van der Waals surface area contributed by atoms with Crippen LogP contribution >= 0.6 is 0 Å². The highest BCUT2D eigenvalue weighted by Gasteiger charge is 2.54. The molecule has 2 fully saturated rings. The SMILES string of the molecule is CC(C)(C)C1CCC2(CC1)OC[C@H](C(=O)O)N2C(=O)c1cccc(C(F)(F)F)c1. The highest BCUT2D eigenvalue weighted by molar-refractivity contribution is 5.97. The van der Waals surface area contributed by atoms with E-state index in [2.05, 4.69) is 20.8 Å². The van der Waals surface area contributed by atoms with Crippen LogP contribution in [0.2, 0.25) is 0 Å². The van der Waals surface area contributed by atoms with E-state index in [4.69, 9.17) is 4.74 Å². The summed E-state index contributed by atoms with van der Waals surface area (Å²) in [6.07, 6.45) is -2.16. The highest BCUT2D eigenvalue weighted by Crippen LogP contribution is 2.47. The first kappa shape index (κ1) is 21.6. The molecule has 1 spiro atoms. The molecule has 1 saturated heterocycles. The van der Waals surface area contributed by atoms with Gasteiger partial charge >= 0.3 is 12.1 Å². The predicted octanol–water partition coefficient (Wildman–Crippen LogP) is 4.56. The number of carboxylic acid groups (broad SMARTS) is 1. The van der Waals surface area contributed by atoms with Crippen LogP contribution in [0.1, 0.15) is 62.4 Å². The number of hydrogen-bond donors (Lipinski definition) is 1. The molecule has 0 bridgehead atoms. The fourth-order valence-electron chi connectivity index (χ4n) is 4.46. The zero-order valence-corrected chi connectivity index (χ0v) is 16.8. The van der Waals surface area contributed by atoms with Gasteiger partial charge in [-0.25, -0.2) is 4.79 Å². The Kier molecular flexibility index (Phi) is 5.45. The quantitative estimate of drug-likeness (QED) is 0.772. The zero-order valence-electron chi connectivity index (χ0n) is 16.8. The zero-order chi connectivity index (χ0) is 21.6. The van der Waals surface area contributed by atoms with Crippen molar-refractivity contribution in [3.05, 3.63) is 35.4 Å². The Morgan fingerprint density at radius 3 is 2.31 bits per heavy atom. The topological polar surface area (TPSA) is 66.8 Å². The maximum absolute atomic E-state index is 13.2. The van der Waals surface area contributed by atoms with Gasteiger partial charge in [-0.05, 0) is 55.2 Å². The summed E-state index contributed by atoms with van der Waals surface area (Å²) in [6, 6.07) is 2.88. The Hall–Kier alpha value is -2.09. The van der Waals surface area contributed by atoms with Crippen molar-refractivity contribution in [2.75, 3.05) is 6.61 Å². The largest absolute Gasteiger partial charge is 0.480 e. The Morgan fingerprint density at radius 2 is 1.79 bits per heavy atom. The smallest absolute Gasteiger partial charge is 0.416 e. The fraction of sp³-hybridized carbons (Fsp3) is 0.619. The molecule has 1 saturated carbocycles. The van der Waals surface area contributed by atoms with E-state index in [1.165, 1.54) is 11.0 Å². The number of carboxylic acids is 1. The van der Waals surface area contributed by atoms with Gasteiger partial charge in [-0.2, -0.15) is 13.2 Å². The summed E-state index contributed by atoms with van der Waals surface area (Å²) < 4.78 is 45.1. The van der Waals surface area contributed by atoms with Crippen LogP contribution < -0.4 is 0 Å². The summed E-state index contributed by atoms with van der Waals surface area (Å²) in [5.41, 5.74) is -2.15. The lowest BCUT2D eigenvalue weighted by Crippen LogP contribution is -2.55. The monoisotopic (exact) mass is 413 g/mol. The van der Waals surface area contributed by atoms with Crippen molar-refractivity contribution in [1.82, 2.24) is 4.90 Å². The number of hydrogen-bond acceptors (Lipinski definition) is 3. The van der Waals surface area contributed by atoms with Crippen LogP contribution in [0.25, 0.3) is 0 Å². The molecule has 1 atom stereocenters. The van der Waals surface area contributed by atoms with Gasteiger partial charge in [0.25, 0.3) is 5.91 Å². The molecule has 1 aliphatic heterocycles. The summed E-state index contributed by atoms with van der Waals surface area (Å²) in [7, 11) is 0. The van der Waals surface area contributed by atoms with Crippen molar-refractivity contribution in [3.8, 4) is 0 Å². The van der Waals surface area contributed by atoms with Crippen molar-refractivity contribution in [1.29, 1.82) is 0 Å². The third-order valence-corrected chi connectivity index (χ3v) is 6.19. The first-order valence-corrected chi connectivity index (χ1v) is 9.73. The van der Waals surface area contributed by atoms with Crippen molar-refractivity contribution in [3.63, 3.8) is 0 Å². The van der Waals surface area contributed by atoms with Crippen LogP contribution in [0.15, 0.2) is 24.3 Å². The molecule has 1 N–H and O–H groups in total. The molecule has 1 amide bonds. The number of benzene rings is 1. The Bertz CT molecular complexity index is 792. The van der Waals surface area contributed by atoms with E-state index in [0.717, 1.165) is 31.0 Å². The van der Waals surface area contributed by atoms with Gasteiger partial charge in [-0.15, -0.1) is 0 Å². The lowest BCUT2D eigenvalue weighted by atomic mass is 9.70. The van der Waals surface area contributed by atoms with E-state index in [1.54, 1.807) is 0 Å². The lowest BCUT2D eigenvalue weighted by molar-refractivity contribution is -0.144. The second-order valence-electron chi connectivity index (χ2n) is 9.01. The maximum atomic E-state index is 13.2. The van der Waals surface area contributed by atoms with Gasteiger partial charge in [0.15, 0.2) is 6.04 Å². The summed E-state index contributed by atoms with van der Waals surface area (Å²) in [5, 5.41) is 9.60. The van der Waals surface area contributed by atoms with Crippen molar-refractivity contribution >= 4 is 11.9 Å². The van der Waals surface area contributed by atoms with Gasteiger partial charge in [-0.1, -0.05) is 26.8 Å². The van der Waals surface area contributed by atoms with E-state index < -0.39 is 35.4 Å². The Labute approximate surface area is 167 Å². The summed E-state index contributed by atoms with van der Waals surface area (Å²) in [6.45, 7) is 6.24. The number of ether oxygens (including phenoxy) is 1. The first-order valence-electron chi connectivity index (χ1n) is 9.73. The molecule has 1 aliphatic carbocycles. The van der Waals surface area contributed by atoms with Gasteiger partial charge in [0.1, 0.15) is 5.72 Å². The van der Waals surface area contributed by atoms with E-state index in [0.29, 0.717) is 18.8 Å². The van der Waals surface area contributed by atoms with Crippen molar-refractivity contribution < 1.29 is 32.6 Å². The molecule has 29 heavy (non-hydrogen) atoms. The van der Waals surface area contributed by atoms with Gasteiger partial charge in [0, 0.05) is 5.56 Å². The molecule has 0 unspecified atom stereocenters. The van der Waals surface area contributed by atoms with E-state index in [1.807, 2.05) is 0 Å². The number of amides is 1. The second kappa shape index (κ2) is 7.31. The Morgan fingerprint density at radius 1 is 1.17 bits per heavy atom. The minimum absolute atomic E-state index is 0.0717. The van der Waals surface area contributed by atoms with Crippen LogP contribution in [0.5, 0.6) is 0 Å². The number of carbonyl (C=O) groups excluding carboxylic acids is 1. The number of carbonyl (C=O) groups is 2. The average Bonchev–Trinajstić information content (AvgIpc) is 2.99. The second-order valence-corrected chi connectivity index (χ2v) is 9.01. The molecular formula is C21H26F3NO4. The normalized spacial score (nSPS) is 28.0. The van der Waals surface area contributed by atoms with Gasteiger partial charge < -0.3 is 9.84 Å². The molecule has 8 heteroatoms. The highest BCUT2D eigenvalue weighted by atomic mass is 19.4. The predicted molar refractivity (Wildman–Crippen MR) is 99.1 cm³/mol. The summed E-state index contributed by atoms with van der Waals surface area (Å²) in [4.78, 5) is 26.1. The van der Waals surface area contributed by atoms with Gasteiger partial charge in [-0.3, -0.25) is 9.69 Å². The van der Waals surface area contributed by atoms with Gasteiger partial charge in [0.2, 0.25) is 0 Å². The summed E-state index contributed by atoms with van der Waals surface area (Å²) >= 11 is 0. The molecule has 1 aromatic carbocycles. The van der Waals surface area contributed by atoms with E-state index in [9.17, 15) is 27.9 Å². The number of alkyl halides is 3. The van der Waals surface area contributed by atoms with Gasteiger partial charge in [0.05, 0.1) is 12.2 Å². The number of halogens is 3. The standard InChI is InChI=1S/C21H26F3NO4/c1-19(2,3)14-7-9-20(10-8-14)25(16(12-29-20)18(27)28)17(26)13-5-4-6-15(11-13)21(22,23)24/h4-6,11,14,16H,7-10,12H2,1-3H3,(H,27,28)/t14?,16-,20?/m1/s1. The fourth-order valence-corrected chi connectivity index (χ4v) is 4.46. The van der Waals surface area contributed by atoms with E-state index in [-0.39, 0.29) is 17.6 Å². The molecule has 5 nitrogen and oxygen atoms in total. The van der Waals surface area contributed by atoms with Crippen molar-refractivity contribution in [2.24, 2.45) is 11.3 Å². The molecule has 2 aliphatic rings. The number of nitrogens with zero attached hydrogens (tertiary/aromatic N) is 1. The molecule has 1 heterocycles. The third kappa shape index (κ3) is 4.13. The minimum Gasteiger partial charge on any atom is -0.480 e. The third-order valence-electron chi connectivity index (χ3n) is 6.19. The molecule has 160 valence electrons. The maximum Gasteiger partial charge on any atom is 0.416 e. The van der Waals surface area contributed by atoms with Crippen LogP contribution in [0.3, 0.4) is 0 Å². The van der Waals surface area contributed by atoms with Crippen LogP contribution in [-0.2, 0) is 15.7 Å². The van der Waals surface area contributed by atoms with Crippen molar-refractivity contribution in [2.45, 2.75) is 64.4 Å². The van der Waals surface area contributed by atoms with Crippen LogP contribution in [0, 0.1) is 11.3 Å². The van der Waals surface area contributed by atoms with Crippen LogP contribution in [0.4, 0.5) is 13.2 Å². The number of rotatable bonds is 2. The molecule has 3 rings (SSSR count). The summed E-state index contributed by atoms with van der Waals surface area (Å²) in [5.74, 6) is -1.57. The van der Waals surface area contributed by atoms with Crippen LogP contribution in [-0.4, -0.2) is 40.3 Å². The minimum atomic E-state index is -4.59. The van der Waals surface area contributed by atoms with E-state index >= 15 is 0 Å². The first-order chi connectivity index (χ1) is 13.3. The molecule has 0 radical (unpaired) electrons. The molecule has 1 aromatic rings. The lowest BCUT2D eigenvalue weighted by Gasteiger charge is -2.46. The average molecular weight is 413 g/mol. The molecular weight excluding hydrogens is 387 g/mol. The molecule has 0 aromatic heterocycles.